The van der Waals surface area contributed by atoms with E-state index in [-0.39, 0.29) is 11.9 Å². The van der Waals surface area contributed by atoms with Crippen LogP contribution in [0.5, 0.6) is 17.2 Å². The number of hydrogen-bond donors (Lipinski definition) is 1. The Morgan fingerprint density at radius 2 is 2.33 bits per heavy atom. The fraction of sp³-hybridized carbons (Fsp3) is 0.333. The molecule has 2 rings (SSSR count). The van der Waals surface area contributed by atoms with Crippen molar-refractivity contribution >= 4 is 0 Å². The van der Waals surface area contributed by atoms with Gasteiger partial charge in [-0.15, -0.1) is 0 Å². The molecule has 64 valence electrons. The van der Waals surface area contributed by atoms with Gasteiger partial charge in [0.15, 0.2) is 11.5 Å². The first-order chi connectivity index (χ1) is 5.77. The second-order valence-corrected chi connectivity index (χ2v) is 2.84. The summed E-state index contributed by atoms with van der Waals surface area (Å²) in [6, 6.07) is 5.09. The predicted octanol–water partition coefficient (Wildman–Crippen LogP) is 1.55. The molecule has 0 amide bonds. The second kappa shape index (κ2) is 2.59. The smallest absolute Gasteiger partial charge is 0.203 e. The first-order valence-corrected chi connectivity index (χ1v) is 3.89. The summed E-state index contributed by atoms with van der Waals surface area (Å²) >= 11 is 0. The van der Waals surface area contributed by atoms with Gasteiger partial charge in [-0.2, -0.15) is 0 Å². The van der Waals surface area contributed by atoms with E-state index in [2.05, 4.69) is 0 Å². The molecule has 12 heavy (non-hydrogen) atoms. The third-order valence-electron chi connectivity index (χ3n) is 1.75. The van der Waals surface area contributed by atoms with E-state index in [1.807, 2.05) is 6.92 Å². The predicted molar refractivity (Wildman–Crippen MR) is 43.7 cm³/mol. The molecule has 0 saturated heterocycles. The molecule has 0 saturated carbocycles. The number of hydrogen-bond acceptors (Lipinski definition) is 3. The van der Waals surface area contributed by atoms with Gasteiger partial charge in [0.25, 0.3) is 0 Å². The Morgan fingerprint density at radius 3 is 3.17 bits per heavy atom. The number of rotatable bonds is 0. The maximum absolute atomic E-state index is 9.37. The van der Waals surface area contributed by atoms with Gasteiger partial charge in [0.05, 0.1) is 0 Å². The Kier molecular flexibility index (Phi) is 1.57. The minimum atomic E-state index is 0.00537. The number of ether oxygens (including phenoxy) is 2. The summed E-state index contributed by atoms with van der Waals surface area (Å²) < 4.78 is 10.7. The fourth-order valence-corrected chi connectivity index (χ4v) is 1.18. The first kappa shape index (κ1) is 7.28. The van der Waals surface area contributed by atoms with Gasteiger partial charge in [0.2, 0.25) is 5.75 Å². The summed E-state index contributed by atoms with van der Waals surface area (Å²) in [6.45, 7) is 2.44. The molecule has 1 heterocycles. The van der Waals surface area contributed by atoms with Crippen molar-refractivity contribution in [2.24, 2.45) is 0 Å². The van der Waals surface area contributed by atoms with Crippen LogP contribution < -0.4 is 9.47 Å². The highest BCUT2D eigenvalue weighted by Gasteiger charge is 2.19. The van der Waals surface area contributed by atoms with Crippen molar-refractivity contribution in [2.45, 2.75) is 13.0 Å². The van der Waals surface area contributed by atoms with Crippen molar-refractivity contribution in [3.8, 4) is 17.2 Å². The Balaban J connectivity index is 2.43. The molecule has 0 radical (unpaired) electrons. The lowest BCUT2D eigenvalue weighted by molar-refractivity contribution is 0.0999. The summed E-state index contributed by atoms with van der Waals surface area (Å²) in [7, 11) is 0. The molecule has 1 aliphatic heterocycles. The van der Waals surface area contributed by atoms with E-state index in [0.29, 0.717) is 18.1 Å². The van der Waals surface area contributed by atoms with Gasteiger partial charge < -0.3 is 14.6 Å². The largest absolute Gasteiger partial charge is 0.504 e. The summed E-state index contributed by atoms with van der Waals surface area (Å²) in [5, 5.41) is 9.37. The van der Waals surface area contributed by atoms with Gasteiger partial charge in [-0.3, -0.25) is 0 Å². The molecule has 3 nitrogen and oxygen atoms in total. The number of phenolic OH excluding ortho intramolecular Hbond substituents is 1. The lowest BCUT2D eigenvalue weighted by Crippen LogP contribution is -2.25. The van der Waals surface area contributed by atoms with Crippen LogP contribution in [0.4, 0.5) is 0 Å². The molecule has 0 bridgehead atoms. The third-order valence-corrected chi connectivity index (χ3v) is 1.75. The Morgan fingerprint density at radius 1 is 1.50 bits per heavy atom. The van der Waals surface area contributed by atoms with Crippen LogP contribution in [0.2, 0.25) is 0 Å². The lowest BCUT2D eigenvalue weighted by Gasteiger charge is -2.24. The van der Waals surface area contributed by atoms with Crippen LogP contribution in [0.3, 0.4) is 0 Å². The standard InChI is InChI=1S/C9H10O3/c1-6-5-11-8-4-2-3-7(10)9(8)12-6/h2-4,6,10H,5H2,1H3. The molecule has 0 aromatic heterocycles. The van der Waals surface area contributed by atoms with Crippen molar-refractivity contribution in [1.82, 2.24) is 0 Å². The van der Waals surface area contributed by atoms with Crippen LogP contribution in [0, 0.1) is 0 Å². The maximum atomic E-state index is 9.37. The average molecular weight is 166 g/mol. The zero-order valence-electron chi connectivity index (χ0n) is 6.78. The topological polar surface area (TPSA) is 38.7 Å². The fourth-order valence-electron chi connectivity index (χ4n) is 1.18. The number of para-hydroxylation sites is 1. The van der Waals surface area contributed by atoms with E-state index in [1.54, 1.807) is 18.2 Å². The Bertz CT molecular complexity index is 296. The minimum absolute atomic E-state index is 0.00537. The summed E-state index contributed by atoms with van der Waals surface area (Å²) in [5.74, 6) is 1.21. The van der Waals surface area contributed by atoms with Gasteiger partial charge in [-0.05, 0) is 19.1 Å². The molecular formula is C9H10O3. The molecule has 1 aliphatic rings. The molecule has 0 fully saturated rings. The Hall–Kier alpha value is -1.38. The summed E-state index contributed by atoms with van der Waals surface area (Å²) in [6.07, 6.45) is 0.00537. The van der Waals surface area contributed by atoms with E-state index < -0.39 is 0 Å². The van der Waals surface area contributed by atoms with Gasteiger partial charge in [0.1, 0.15) is 12.7 Å². The molecule has 1 unspecified atom stereocenters. The van der Waals surface area contributed by atoms with Crippen LogP contribution in [0.25, 0.3) is 0 Å². The average Bonchev–Trinajstić information content (AvgIpc) is 2.07. The van der Waals surface area contributed by atoms with E-state index >= 15 is 0 Å². The van der Waals surface area contributed by atoms with Gasteiger partial charge in [0, 0.05) is 0 Å². The van der Waals surface area contributed by atoms with E-state index in [1.165, 1.54) is 0 Å². The van der Waals surface area contributed by atoms with Crippen molar-refractivity contribution in [1.29, 1.82) is 0 Å². The second-order valence-electron chi connectivity index (χ2n) is 2.84. The van der Waals surface area contributed by atoms with Crippen molar-refractivity contribution in [3.63, 3.8) is 0 Å². The van der Waals surface area contributed by atoms with Gasteiger partial charge in [-0.25, -0.2) is 0 Å². The zero-order valence-corrected chi connectivity index (χ0v) is 6.78. The lowest BCUT2D eigenvalue weighted by atomic mass is 10.2. The number of aromatic hydroxyl groups is 1. The normalized spacial score (nSPS) is 20.6. The van der Waals surface area contributed by atoms with Crippen LogP contribution in [0.15, 0.2) is 18.2 Å². The molecular weight excluding hydrogens is 156 g/mol. The summed E-state index contributed by atoms with van der Waals surface area (Å²) in [5.41, 5.74) is 0. The van der Waals surface area contributed by atoms with Crippen molar-refractivity contribution in [2.75, 3.05) is 6.61 Å². The molecule has 3 heteroatoms. The number of fused-ring (bicyclic) bond motifs is 1. The molecule has 1 N–H and O–H groups in total. The zero-order chi connectivity index (χ0) is 8.55. The van der Waals surface area contributed by atoms with Crippen LogP contribution in [-0.2, 0) is 0 Å². The van der Waals surface area contributed by atoms with Gasteiger partial charge in [-0.1, -0.05) is 6.07 Å². The highest BCUT2D eigenvalue weighted by Crippen LogP contribution is 2.39. The quantitative estimate of drug-likeness (QED) is 0.635. The number of phenols is 1. The number of benzene rings is 1. The van der Waals surface area contributed by atoms with Crippen molar-refractivity contribution in [3.05, 3.63) is 18.2 Å². The SMILES string of the molecule is CC1COc2cccc(O)c2O1. The highest BCUT2D eigenvalue weighted by molar-refractivity contribution is 5.51. The highest BCUT2D eigenvalue weighted by atomic mass is 16.6. The van der Waals surface area contributed by atoms with E-state index in [4.69, 9.17) is 9.47 Å². The van der Waals surface area contributed by atoms with Crippen LogP contribution in [-0.4, -0.2) is 17.8 Å². The molecule has 1 atom stereocenters. The van der Waals surface area contributed by atoms with E-state index in [9.17, 15) is 5.11 Å². The maximum Gasteiger partial charge on any atom is 0.203 e. The van der Waals surface area contributed by atoms with Crippen LogP contribution >= 0.6 is 0 Å². The van der Waals surface area contributed by atoms with Crippen molar-refractivity contribution < 1.29 is 14.6 Å². The monoisotopic (exact) mass is 166 g/mol. The van der Waals surface area contributed by atoms with Gasteiger partial charge >= 0.3 is 0 Å². The molecule has 0 aliphatic carbocycles. The molecule has 1 aromatic carbocycles. The van der Waals surface area contributed by atoms with Crippen LogP contribution in [0.1, 0.15) is 6.92 Å². The molecule has 1 aromatic rings. The summed E-state index contributed by atoms with van der Waals surface area (Å²) in [4.78, 5) is 0. The third kappa shape index (κ3) is 1.07. The molecule has 0 spiro atoms. The minimum Gasteiger partial charge on any atom is -0.504 e. The first-order valence-electron chi connectivity index (χ1n) is 3.89. The Labute approximate surface area is 70.5 Å². The van der Waals surface area contributed by atoms with E-state index in [0.717, 1.165) is 0 Å².